The molecule has 1 aliphatic heterocycles. The van der Waals surface area contributed by atoms with Gasteiger partial charge in [-0.05, 0) is 64.4 Å². The van der Waals surface area contributed by atoms with Gasteiger partial charge in [0.15, 0.2) is 5.78 Å². The van der Waals surface area contributed by atoms with E-state index in [1.54, 1.807) is 38.2 Å². The van der Waals surface area contributed by atoms with Gasteiger partial charge in [0.25, 0.3) is 0 Å². The third-order valence-corrected chi connectivity index (χ3v) is 7.42. The van der Waals surface area contributed by atoms with Crippen molar-refractivity contribution in [3.05, 3.63) is 59.8 Å². The van der Waals surface area contributed by atoms with Gasteiger partial charge >= 0.3 is 5.97 Å². The zero-order valence-electron chi connectivity index (χ0n) is 25.6. The van der Waals surface area contributed by atoms with E-state index in [1.807, 2.05) is 45.1 Å². The van der Waals surface area contributed by atoms with Crippen LogP contribution in [0.25, 0.3) is 0 Å². The van der Waals surface area contributed by atoms with Crippen molar-refractivity contribution in [3.63, 3.8) is 0 Å². The monoisotopic (exact) mass is 556 g/mol. The lowest BCUT2D eigenvalue weighted by molar-refractivity contribution is -0.146. The van der Waals surface area contributed by atoms with Crippen LogP contribution in [0.2, 0.25) is 0 Å². The molecule has 0 aromatic rings. The molecule has 6 heteroatoms. The second-order valence-corrected chi connectivity index (χ2v) is 11.8. The Morgan fingerprint density at radius 3 is 2.33 bits per heavy atom. The van der Waals surface area contributed by atoms with Crippen LogP contribution in [0.5, 0.6) is 0 Å². The highest BCUT2D eigenvalue weighted by Crippen LogP contribution is 2.22. The van der Waals surface area contributed by atoms with Gasteiger partial charge in [-0.25, -0.2) is 4.79 Å². The lowest BCUT2D eigenvalue weighted by Crippen LogP contribution is -2.29. The molecule has 2 N–H and O–H groups in total. The first-order chi connectivity index (χ1) is 18.8. The average Bonchev–Trinajstić information content (AvgIpc) is 2.89. The summed E-state index contributed by atoms with van der Waals surface area (Å²) < 4.78 is 5.90. The number of carbonyl (C=O) groups is 3. The van der Waals surface area contributed by atoms with E-state index in [1.165, 1.54) is 0 Å². The van der Waals surface area contributed by atoms with Gasteiger partial charge in [0.2, 0.25) is 0 Å². The Morgan fingerprint density at radius 2 is 1.65 bits per heavy atom. The number of ketones is 2. The number of esters is 1. The summed E-state index contributed by atoms with van der Waals surface area (Å²) in [5.74, 6) is -1.14. The van der Waals surface area contributed by atoms with E-state index >= 15 is 0 Å². The van der Waals surface area contributed by atoms with Gasteiger partial charge in [-0.2, -0.15) is 0 Å². The molecule has 0 amide bonds. The fraction of sp³-hybridized carbons (Fsp3) is 0.618. The summed E-state index contributed by atoms with van der Waals surface area (Å²) in [5.41, 5.74) is 1.42. The van der Waals surface area contributed by atoms with Crippen molar-refractivity contribution < 1.29 is 29.3 Å². The van der Waals surface area contributed by atoms with Crippen molar-refractivity contribution in [1.29, 1.82) is 0 Å². The number of cyclic esters (lactones) is 1. The number of Topliss-reactive ketones (excluding diaryl/α,β-unsaturated/α-hetero) is 1. The summed E-state index contributed by atoms with van der Waals surface area (Å²) in [4.78, 5) is 38.1. The third kappa shape index (κ3) is 14.2. The van der Waals surface area contributed by atoms with Gasteiger partial charge in [0, 0.05) is 29.7 Å². The summed E-state index contributed by atoms with van der Waals surface area (Å²) in [7, 11) is 0. The van der Waals surface area contributed by atoms with Gasteiger partial charge in [0.1, 0.15) is 11.9 Å². The van der Waals surface area contributed by atoms with E-state index in [-0.39, 0.29) is 41.9 Å². The molecule has 0 unspecified atom stereocenters. The molecular formula is C34H52O6. The van der Waals surface area contributed by atoms with E-state index < -0.39 is 18.1 Å². The topological polar surface area (TPSA) is 101 Å². The summed E-state index contributed by atoms with van der Waals surface area (Å²) in [5, 5.41) is 20.8. The number of aliphatic hydroxyl groups is 2. The fourth-order valence-electron chi connectivity index (χ4n) is 4.55. The maximum absolute atomic E-state index is 12.8. The van der Waals surface area contributed by atoms with Crippen LogP contribution >= 0.6 is 0 Å². The van der Waals surface area contributed by atoms with E-state index in [9.17, 15) is 24.6 Å². The van der Waals surface area contributed by atoms with Gasteiger partial charge in [-0.1, -0.05) is 82.7 Å². The first kappa shape index (κ1) is 35.5. The maximum Gasteiger partial charge on any atom is 0.334 e. The van der Waals surface area contributed by atoms with Crippen LogP contribution in [0.15, 0.2) is 59.8 Å². The molecule has 0 spiro atoms. The zero-order chi connectivity index (χ0) is 30.2. The highest BCUT2D eigenvalue weighted by atomic mass is 16.5. The number of aliphatic hydroxyl groups excluding tert-OH is 2. The van der Waals surface area contributed by atoms with Crippen LogP contribution in [0.3, 0.4) is 0 Å². The van der Waals surface area contributed by atoms with Crippen molar-refractivity contribution in [1.82, 2.24) is 0 Å². The number of carbonyl (C=O) groups excluding carboxylic acids is 3. The van der Waals surface area contributed by atoms with Crippen LogP contribution in [-0.2, 0) is 19.1 Å². The predicted molar refractivity (Wildman–Crippen MR) is 161 cm³/mol. The molecule has 1 heterocycles. The van der Waals surface area contributed by atoms with E-state index in [0.717, 1.165) is 24.8 Å². The molecule has 0 radical (unpaired) electrons. The van der Waals surface area contributed by atoms with E-state index in [2.05, 4.69) is 13.8 Å². The van der Waals surface area contributed by atoms with Crippen LogP contribution < -0.4 is 0 Å². The van der Waals surface area contributed by atoms with Crippen LogP contribution in [-0.4, -0.2) is 46.1 Å². The first-order valence-corrected chi connectivity index (χ1v) is 14.8. The molecule has 0 aliphatic carbocycles. The molecule has 1 rings (SSSR count). The van der Waals surface area contributed by atoms with Crippen molar-refractivity contribution in [2.75, 3.05) is 0 Å². The molecule has 224 valence electrons. The number of rotatable bonds is 2. The normalized spacial score (nSPS) is 34.7. The second kappa shape index (κ2) is 18.7. The van der Waals surface area contributed by atoms with Gasteiger partial charge in [-0.3, -0.25) is 9.59 Å². The average molecular weight is 557 g/mol. The highest BCUT2D eigenvalue weighted by molar-refractivity contribution is 5.91. The largest absolute Gasteiger partial charge is 0.458 e. The van der Waals surface area contributed by atoms with Crippen molar-refractivity contribution >= 4 is 17.5 Å². The number of ether oxygens (including phenoxy) is 1. The Hall–Kier alpha value is -2.57. The Kier molecular flexibility index (Phi) is 16.6. The Labute approximate surface area is 242 Å². The zero-order valence-corrected chi connectivity index (χ0v) is 25.6. The van der Waals surface area contributed by atoms with Gasteiger partial charge in [-0.15, -0.1) is 0 Å². The Balaban J connectivity index is 3.12. The molecular weight excluding hydrogens is 504 g/mol. The minimum atomic E-state index is -0.854. The first-order valence-electron chi connectivity index (χ1n) is 14.8. The summed E-state index contributed by atoms with van der Waals surface area (Å²) in [6, 6.07) is 0. The molecule has 0 fully saturated rings. The number of hydrogen-bond donors (Lipinski definition) is 2. The SMILES string of the molecule is CC1=C\[C@H](C)[C@H](CC(C)C)OC(=O)/C(C)=C/C=C/C=C/CCC[C@@H](O)CC(=O)[C@H](C)[C@@H](O)CC[C@@H](C)C(=O)\C=C\1. The Morgan fingerprint density at radius 1 is 0.950 bits per heavy atom. The minimum absolute atomic E-state index is 0.0152. The van der Waals surface area contributed by atoms with Crippen molar-refractivity contribution in [3.8, 4) is 0 Å². The summed E-state index contributed by atoms with van der Waals surface area (Å²) in [6.45, 7) is 13.4. The molecule has 6 atom stereocenters. The smallest absolute Gasteiger partial charge is 0.334 e. The van der Waals surface area contributed by atoms with Crippen LogP contribution in [0.4, 0.5) is 0 Å². The summed E-state index contributed by atoms with van der Waals surface area (Å²) in [6.07, 6.45) is 16.2. The van der Waals surface area contributed by atoms with Crippen LogP contribution in [0.1, 0.15) is 93.4 Å². The predicted octanol–water partition coefficient (Wildman–Crippen LogP) is 6.63. The maximum atomic E-state index is 12.8. The fourth-order valence-corrected chi connectivity index (χ4v) is 4.55. The third-order valence-electron chi connectivity index (χ3n) is 7.42. The number of allylic oxidation sites excluding steroid dienone is 8. The van der Waals surface area contributed by atoms with Gasteiger partial charge < -0.3 is 14.9 Å². The molecule has 0 bridgehead atoms. The minimum Gasteiger partial charge on any atom is -0.458 e. The molecule has 0 saturated carbocycles. The number of hydrogen-bond acceptors (Lipinski definition) is 6. The molecule has 0 saturated heterocycles. The quantitative estimate of drug-likeness (QED) is 0.370. The molecule has 40 heavy (non-hydrogen) atoms. The highest BCUT2D eigenvalue weighted by Gasteiger charge is 2.25. The molecule has 0 aromatic carbocycles. The van der Waals surface area contributed by atoms with Crippen molar-refractivity contribution in [2.45, 2.75) is 112 Å². The molecule has 0 aromatic heterocycles. The Bertz CT molecular complexity index is 967. The molecule has 1 aliphatic rings. The molecule has 6 nitrogen and oxygen atoms in total. The second-order valence-electron chi connectivity index (χ2n) is 11.8. The van der Waals surface area contributed by atoms with Crippen LogP contribution in [0, 0.1) is 23.7 Å². The lowest BCUT2D eigenvalue weighted by atomic mass is 9.89. The van der Waals surface area contributed by atoms with E-state index in [4.69, 9.17) is 4.74 Å². The van der Waals surface area contributed by atoms with E-state index in [0.29, 0.717) is 30.8 Å². The lowest BCUT2D eigenvalue weighted by Gasteiger charge is -2.24. The van der Waals surface area contributed by atoms with Crippen molar-refractivity contribution in [2.24, 2.45) is 23.7 Å². The van der Waals surface area contributed by atoms with Gasteiger partial charge in [0.05, 0.1) is 12.2 Å². The summed E-state index contributed by atoms with van der Waals surface area (Å²) >= 11 is 0. The standard InChI is InChI=1S/C34H52O6/c1-23(2)20-33-27(6)21-24(3)16-18-30(36)25(4)17-19-31(37)28(7)32(38)22-29(35)15-13-11-9-8-10-12-14-26(5)34(39)40-33/h8-10,12,14,16,18,21,23,25,27-29,31,33,35,37H,11,13,15,17,19-20,22H2,1-7H3/b9-8+,12-10+,18-16+,24-21+,26-14+/t25-,27+,28-,29-,31+,33+/m1/s1.